The Bertz CT molecular complexity index is 366. The summed E-state index contributed by atoms with van der Waals surface area (Å²) in [4.78, 5) is 14.2. The first kappa shape index (κ1) is 12.1. The van der Waals surface area contributed by atoms with Crippen LogP contribution in [-0.2, 0) is 11.3 Å². The van der Waals surface area contributed by atoms with Crippen LogP contribution in [0.25, 0.3) is 0 Å². The Morgan fingerprint density at radius 2 is 1.94 bits per heavy atom. The van der Waals surface area contributed by atoms with Gasteiger partial charge in [-0.05, 0) is 24.1 Å². The second-order valence-electron chi connectivity index (χ2n) is 3.00. The van der Waals surface area contributed by atoms with Crippen molar-refractivity contribution in [3.63, 3.8) is 0 Å². The molecule has 0 saturated carbocycles. The lowest BCUT2D eigenvalue weighted by Crippen LogP contribution is -2.04. The average Bonchev–Trinajstić information content (AvgIpc) is 2.28. The lowest BCUT2D eigenvalue weighted by atomic mass is 10.1. The van der Waals surface area contributed by atoms with Crippen molar-refractivity contribution in [3.8, 4) is 11.5 Å². The zero-order valence-electron chi connectivity index (χ0n) is 9.13. The molecule has 1 aromatic carbocycles. The predicted molar refractivity (Wildman–Crippen MR) is 56.2 cm³/mol. The highest BCUT2D eigenvalue weighted by molar-refractivity contribution is 5.42. The molecule has 0 spiro atoms. The van der Waals surface area contributed by atoms with Crippen LogP contribution in [0.2, 0.25) is 0 Å². The quantitative estimate of drug-likeness (QED) is 0.543. The van der Waals surface area contributed by atoms with Crippen LogP contribution in [0.15, 0.2) is 18.2 Å². The fourth-order valence-electron chi connectivity index (χ4n) is 1.27. The minimum atomic E-state index is -0.805. The molecule has 88 valence electrons. The monoisotopic (exact) mass is 227 g/mol. The number of nitrogens with zero attached hydrogens (tertiary/aromatic N) is 1. The minimum Gasteiger partial charge on any atom is -0.493 e. The highest BCUT2D eigenvalue weighted by atomic mass is 16.9. The zero-order chi connectivity index (χ0) is 12.0. The lowest BCUT2D eigenvalue weighted by Gasteiger charge is -2.09. The molecule has 0 N–H and O–H groups in total. The van der Waals surface area contributed by atoms with Gasteiger partial charge in [-0.25, -0.2) is 0 Å². The molecule has 6 nitrogen and oxygen atoms in total. The van der Waals surface area contributed by atoms with Crippen molar-refractivity contribution < 1.29 is 19.4 Å². The van der Waals surface area contributed by atoms with E-state index in [2.05, 4.69) is 4.84 Å². The molecule has 0 unspecified atom stereocenters. The number of methoxy groups -OCH3 is 2. The normalized spacial score (nSPS) is 9.62. The van der Waals surface area contributed by atoms with E-state index in [0.717, 1.165) is 5.56 Å². The van der Waals surface area contributed by atoms with Gasteiger partial charge in [-0.15, -0.1) is 10.1 Å². The van der Waals surface area contributed by atoms with Gasteiger partial charge in [0.2, 0.25) is 0 Å². The molecule has 0 amide bonds. The molecule has 6 heteroatoms. The average molecular weight is 227 g/mol. The molecular weight excluding hydrogens is 214 g/mol. The largest absolute Gasteiger partial charge is 0.493 e. The molecule has 0 aliphatic carbocycles. The summed E-state index contributed by atoms with van der Waals surface area (Å²) < 4.78 is 10.2. The van der Waals surface area contributed by atoms with E-state index >= 15 is 0 Å². The van der Waals surface area contributed by atoms with E-state index < -0.39 is 5.09 Å². The molecule has 0 atom stereocenters. The van der Waals surface area contributed by atoms with E-state index in [1.165, 1.54) is 7.11 Å². The molecule has 0 saturated heterocycles. The fourth-order valence-corrected chi connectivity index (χ4v) is 1.27. The summed E-state index contributed by atoms with van der Waals surface area (Å²) >= 11 is 0. The second kappa shape index (κ2) is 5.79. The molecule has 0 bridgehead atoms. The second-order valence-corrected chi connectivity index (χ2v) is 3.00. The Labute approximate surface area is 92.8 Å². The van der Waals surface area contributed by atoms with Crippen LogP contribution in [0.1, 0.15) is 5.56 Å². The van der Waals surface area contributed by atoms with Crippen molar-refractivity contribution in [1.29, 1.82) is 0 Å². The topological polar surface area (TPSA) is 70.8 Å². The minimum absolute atomic E-state index is 0.0302. The van der Waals surface area contributed by atoms with E-state index in [0.29, 0.717) is 17.9 Å². The maximum atomic E-state index is 9.95. The predicted octanol–water partition coefficient (Wildman–Crippen LogP) is 1.45. The number of hydrogen-bond acceptors (Lipinski definition) is 5. The summed E-state index contributed by atoms with van der Waals surface area (Å²) in [5.74, 6) is 1.22. The number of benzene rings is 1. The first-order valence-electron chi connectivity index (χ1n) is 4.65. The van der Waals surface area contributed by atoms with Crippen molar-refractivity contribution in [3.05, 3.63) is 33.9 Å². The Hall–Kier alpha value is -1.98. The SMILES string of the molecule is COc1ccc(CCO[N+](=O)[O-])cc1OC. The highest BCUT2D eigenvalue weighted by Crippen LogP contribution is 2.27. The van der Waals surface area contributed by atoms with E-state index in [1.54, 1.807) is 19.2 Å². The standard InChI is InChI=1S/C10H13NO5/c1-14-9-4-3-8(7-10(9)15-2)5-6-16-11(12)13/h3-4,7H,5-6H2,1-2H3. The van der Waals surface area contributed by atoms with Crippen molar-refractivity contribution in [1.82, 2.24) is 0 Å². The third-order valence-electron chi connectivity index (χ3n) is 2.04. The molecule has 0 aliphatic rings. The lowest BCUT2D eigenvalue weighted by molar-refractivity contribution is -0.757. The first-order valence-corrected chi connectivity index (χ1v) is 4.65. The molecule has 1 aromatic rings. The van der Waals surface area contributed by atoms with Gasteiger partial charge < -0.3 is 14.3 Å². The maximum absolute atomic E-state index is 9.95. The Kier molecular flexibility index (Phi) is 4.38. The Morgan fingerprint density at radius 3 is 2.50 bits per heavy atom. The van der Waals surface area contributed by atoms with E-state index in [-0.39, 0.29) is 6.61 Å². The summed E-state index contributed by atoms with van der Waals surface area (Å²) in [7, 11) is 3.09. The maximum Gasteiger partial charge on any atom is 0.294 e. The van der Waals surface area contributed by atoms with Crippen LogP contribution in [0.5, 0.6) is 11.5 Å². The van der Waals surface area contributed by atoms with Gasteiger partial charge >= 0.3 is 0 Å². The summed E-state index contributed by atoms with van der Waals surface area (Å²) in [5.41, 5.74) is 0.888. The van der Waals surface area contributed by atoms with Crippen LogP contribution in [0.3, 0.4) is 0 Å². The smallest absolute Gasteiger partial charge is 0.294 e. The van der Waals surface area contributed by atoms with Crippen LogP contribution in [-0.4, -0.2) is 25.9 Å². The zero-order valence-corrected chi connectivity index (χ0v) is 9.13. The molecular formula is C10H13NO5. The van der Waals surface area contributed by atoms with E-state index in [1.807, 2.05) is 6.07 Å². The molecule has 0 fully saturated rings. The molecule has 0 heterocycles. The van der Waals surface area contributed by atoms with E-state index in [9.17, 15) is 10.1 Å². The van der Waals surface area contributed by atoms with Gasteiger partial charge in [-0.3, -0.25) is 0 Å². The van der Waals surface area contributed by atoms with Crippen LogP contribution in [0.4, 0.5) is 0 Å². The Morgan fingerprint density at radius 1 is 1.25 bits per heavy atom. The number of rotatable bonds is 6. The van der Waals surface area contributed by atoms with Crippen molar-refractivity contribution in [2.24, 2.45) is 0 Å². The molecule has 1 rings (SSSR count). The van der Waals surface area contributed by atoms with Gasteiger partial charge in [0.15, 0.2) is 11.5 Å². The molecule has 0 radical (unpaired) electrons. The van der Waals surface area contributed by atoms with Gasteiger partial charge in [-0.2, -0.15) is 0 Å². The van der Waals surface area contributed by atoms with Crippen molar-refractivity contribution >= 4 is 0 Å². The van der Waals surface area contributed by atoms with Crippen molar-refractivity contribution in [2.75, 3.05) is 20.8 Å². The van der Waals surface area contributed by atoms with Gasteiger partial charge in [0, 0.05) is 0 Å². The summed E-state index contributed by atoms with van der Waals surface area (Å²) in [6, 6.07) is 5.33. The van der Waals surface area contributed by atoms with E-state index in [4.69, 9.17) is 9.47 Å². The summed E-state index contributed by atoms with van der Waals surface area (Å²) in [6.45, 7) is 0.0302. The van der Waals surface area contributed by atoms with Crippen LogP contribution < -0.4 is 9.47 Å². The van der Waals surface area contributed by atoms with Crippen molar-refractivity contribution in [2.45, 2.75) is 6.42 Å². The summed E-state index contributed by atoms with van der Waals surface area (Å²) in [6.07, 6.45) is 0.446. The third kappa shape index (κ3) is 3.30. The summed E-state index contributed by atoms with van der Waals surface area (Å²) in [5, 5.41) is 9.15. The first-order chi connectivity index (χ1) is 7.67. The molecule has 0 aliphatic heterocycles. The van der Waals surface area contributed by atoms with Gasteiger partial charge in [0.25, 0.3) is 5.09 Å². The molecule has 0 aromatic heterocycles. The fraction of sp³-hybridized carbons (Fsp3) is 0.400. The van der Waals surface area contributed by atoms with Gasteiger partial charge in [-0.1, -0.05) is 6.07 Å². The van der Waals surface area contributed by atoms with Crippen LogP contribution >= 0.6 is 0 Å². The number of ether oxygens (including phenoxy) is 2. The molecule has 16 heavy (non-hydrogen) atoms. The van der Waals surface area contributed by atoms with Gasteiger partial charge in [0.05, 0.1) is 14.2 Å². The highest BCUT2D eigenvalue weighted by Gasteiger charge is 2.04. The Balaban J connectivity index is 2.64. The van der Waals surface area contributed by atoms with Crippen LogP contribution in [0, 0.1) is 10.1 Å². The third-order valence-corrected chi connectivity index (χ3v) is 2.04. The van der Waals surface area contributed by atoms with Gasteiger partial charge in [0.1, 0.15) is 6.61 Å². The number of hydrogen-bond donors (Lipinski definition) is 0.